The van der Waals surface area contributed by atoms with Crippen LogP contribution in [0.3, 0.4) is 0 Å². The third-order valence-electron chi connectivity index (χ3n) is 2.11. The molecule has 0 fully saturated rings. The molecule has 0 radical (unpaired) electrons. The zero-order chi connectivity index (χ0) is 13.5. The molecule has 0 atom stereocenters. The number of nitrogens with zero attached hydrogens (tertiary/aromatic N) is 2. The van der Waals surface area contributed by atoms with Gasteiger partial charge in [0, 0.05) is 19.2 Å². The maximum atomic E-state index is 10.5. The number of rotatable bonds is 6. The number of nitro groups is 1. The van der Waals surface area contributed by atoms with Crippen molar-refractivity contribution in [1.82, 2.24) is 10.3 Å². The Morgan fingerprint density at radius 3 is 2.89 bits per heavy atom. The molecule has 0 aromatic carbocycles. The summed E-state index contributed by atoms with van der Waals surface area (Å²) in [6.07, 6.45) is 3.76. The minimum Gasteiger partial charge on any atom is -0.383 e. The van der Waals surface area contributed by atoms with Crippen molar-refractivity contribution in [2.24, 2.45) is 0 Å². The summed E-state index contributed by atoms with van der Waals surface area (Å²) < 4.78 is 0. The van der Waals surface area contributed by atoms with E-state index in [2.05, 4.69) is 10.3 Å². The van der Waals surface area contributed by atoms with Gasteiger partial charge < -0.3 is 5.32 Å². The third-order valence-corrected chi connectivity index (χ3v) is 2.80. The van der Waals surface area contributed by atoms with E-state index in [9.17, 15) is 10.1 Å². The zero-order valence-electron chi connectivity index (χ0n) is 9.82. The van der Waals surface area contributed by atoms with Crippen LogP contribution < -0.4 is 5.32 Å². The van der Waals surface area contributed by atoms with E-state index in [1.54, 1.807) is 12.3 Å². The van der Waals surface area contributed by atoms with Crippen molar-refractivity contribution in [2.45, 2.75) is 19.8 Å². The molecule has 5 nitrogen and oxygen atoms in total. The summed E-state index contributed by atoms with van der Waals surface area (Å²) in [6, 6.07) is 1.65. The molecule has 1 N–H and O–H groups in total. The minimum absolute atomic E-state index is 0.224. The molecule has 1 heterocycles. The zero-order valence-corrected chi connectivity index (χ0v) is 11.3. The van der Waals surface area contributed by atoms with Crippen LogP contribution in [-0.2, 0) is 6.42 Å². The van der Waals surface area contributed by atoms with E-state index in [-0.39, 0.29) is 5.15 Å². The molecule has 1 rings (SSSR count). The lowest BCUT2D eigenvalue weighted by Crippen LogP contribution is -2.17. The Bertz CT molecular complexity index is 464. The monoisotopic (exact) mass is 289 g/mol. The number of aromatic nitrogens is 1. The highest BCUT2D eigenvalue weighted by molar-refractivity contribution is 6.41. The molecule has 1 aromatic rings. The van der Waals surface area contributed by atoms with E-state index in [1.807, 2.05) is 6.92 Å². The molecule has 0 aliphatic heterocycles. The SMILES string of the molecule is CCCN/C(=C/[N+](=O)[O-])Cc1cnc(Cl)c(Cl)c1. The number of pyridine rings is 1. The molecule has 0 bridgehead atoms. The standard InChI is InChI=1S/C11H13Cl2N3O2/c1-2-3-14-9(7-16(17)18)4-8-5-10(12)11(13)15-6-8/h5-7,14H,2-4H2,1H3/b9-7+. The molecular weight excluding hydrogens is 277 g/mol. The lowest BCUT2D eigenvalue weighted by Gasteiger charge is -2.08. The average Bonchev–Trinajstić information content (AvgIpc) is 2.30. The molecular formula is C11H13Cl2N3O2. The van der Waals surface area contributed by atoms with Gasteiger partial charge in [0.05, 0.1) is 15.6 Å². The molecule has 98 valence electrons. The van der Waals surface area contributed by atoms with Crippen molar-refractivity contribution in [3.63, 3.8) is 0 Å². The number of hydrogen-bond acceptors (Lipinski definition) is 4. The highest BCUT2D eigenvalue weighted by Gasteiger charge is 2.07. The van der Waals surface area contributed by atoms with Gasteiger partial charge in [-0.15, -0.1) is 0 Å². The summed E-state index contributed by atoms with van der Waals surface area (Å²) >= 11 is 11.5. The van der Waals surface area contributed by atoms with Gasteiger partial charge in [-0.3, -0.25) is 10.1 Å². The van der Waals surface area contributed by atoms with Crippen LogP contribution in [0.5, 0.6) is 0 Å². The molecule has 0 aliphatic carbocycles. The summed E-state index contributed by atoms with van der Waals surface area (Å²) in [5.74, 6) is 0. The van der Waals surface area contributed by atoms with Crippen molar-refractivity contribution in [3.8, 4) is 0 Å². The topological polar surface area (TPSA) is 68.1 Å². The van der Waals surface area contributed by atoms with Crippen LogP contribution in [0.15, 0.2) is 24.2 Å². The minimum atomic E-state index is -0.483. The average molecular weight is 290 g/mol. The summed E-state index contributed by atoms with van der Waals surface area (Å²) in [6.45, 7) is 2.66. The molecule has 0 unspecified atom stereocenters. The van der Waals surface area contributed by atoms with Crippen molar-refractivity contribution in [3.05, 3.63) is 50.0 Å². The van der Waals surface area contributed by atoms with Gasteiger partial charge in [0.25, 0.3) is 6.20 Å². The number of halogens is 2. The predicted molar refractivity (Wildman–Crippen MR) is 71.3 cm³/mol. The van der Waals surface area contributed by atoms with Gasteiger partial charge in [-0.1, -0.05) is 30.1 Å². The number of allylic oxidation sites excluding steroid dienone is 1. The number of hydrogen-bond donors (Lipinski definition) is 1. The van der Waals surface area contributed by atoms with Crippen LogP contribution >= 0.6 is 23.2 Å². The molecule has 0 amide bonds. The molecule has 0 saturated heterocycles. The van der Waals surface area contributed by atoms with Crippen LogP contribution in [0.25, 0.3) is 0 Å². The fraction of sp³-hybridized carbons (Fsp3) is 0.364. The van der Waals surface area contributed by atoms with Crippen LogP contribution in [0.1, 0.15) is 18.9 Å². The van der Waals surface area contributed by atoms with Crippen molar-refractivity contribution < 1.29 is 4.92 Å². The first-order valence-electron chi connectivity index (χ1n) is 5.41. The molecule has 1 aromatic heterocycles. The first kappa shape index (κ1) is 14.7. The van der Waals surface area contributed by atoms with Gasteiger partial charge in [0.15, 0.2) is 0 Å². The van der Waals surface area contributed by atoms with Crippen LogP contribution in [0.4, 0.5) is 0 Å². The maximum Gasteiger partial charge on any atom is 0.253 e. The Kier molecular flexibility index (Phi) is 5.88. The van der Waals surface area contributed by atoms with E-state index in [4.69, 9.17) is 23.2 Å². The Labute approximate surface area is 115 Å². The Hall–Kier alpha value is -1.33. The van der Waals surface area contributed by atoms with Crippen LogP contribution in [0, 0.1) is 10.1 Å². The van der Waals surface area contributed by atoms with E-state index >= 15 is 0 Å². The second-order valence-corrected chi connectivity index (χ2v) is 4.42. The lowest BCUT2D eigenvalue weighted by atomic mass is 10.1. The predicted octanol–water partition coefficient (Wildman–Crippen LogP) is 3.05. The van der Waals surface area contributed by atoms with Crippen molar-refractivity contribution in [1.29, 1.82) is 0 Å². The molecule has 0 saturated carbocycles. The quantitative estimate of drug-likeness (QED) is 0.496. The summed E-state index contributed by atoms with van der Waals surface area (Å²) in [4.78, 5) is 13.9. The van der Waals surface area contributed by atoms with Crippen molar-refractivity contribution >= 4 is 23.2 Å². The van der Waals surface area contributed by atoms with Crippen molar-refractivity contribution in [2.75, 3.05) is 6.54 Å². The molecule has 7 heteroatoms. The first-order chi connectivity index (χ1) is 8.52. The Morgan fingerprint density at radius 2 is 2.33 bits per heavy atom. The van der Waals surface area contributed by atoms with Gasteiger partial charge in [-0.05, 0) is 18.1 Å². The second kappa shape index (κ2) is 7.18. The highest BCUT2D eigenvalue weighted by Crippen LogP contribution is 2.20. The summed E-state index contributed by atoms with van der Waals surface area (Å²) in [7, 11) is 0. The van der Waals surface area contributed by atoms with Crippen LogP contribution in [-0.4, -0.2) is 16.5 Å². The number of nitrogens with one attached hydrogen (secondary N) is 1. The summed E-state index contributed by atoms with van der Waals surface area (Å²) in [5, 5.41) is 14.1. The van der Waals surface area contributed by atoms with E-state index in [1.165, 1.54) is 0 Å². The van der Waals surface area contributed by atoms with E-state index in [0.717, 1.165) is 18.2 Å². The van der Waals surface area contributed by atoms with Gasteiger partial charge in [0.1, 0.15) is 5.15 Å². The molecule has 0 spiro atoms. The lowest BCUT2D eigenvalue weighted by molar-refractivity contribution is -0.403. The van der Waals surface area contributed by atoms with E-state index < -0.39 is 4.92 Å². The normalized spacial score (nSPS) is 11.4. The van der Waals surface area contributed by atoms with Crippen LogP contribution in [0.2, 0.25) is 10.2 Å². The smallest absolute Gasteiger partial charge is 0.253 e. The molecule has 0 aliphatic rings. The molecule has 18 heavy (non-hydrogen) atoms. The van der Waals surface area contributed by atoms with Gasteiger partial charge in [-0.2, -0.15) is 0 Å². The van der Waals surface area contributed by atoms with Gasteiger partial charge in [-0.25, -0.2) is 4.98 Å². The highest BCUT2D eigenvalue weighted by atomic mass is 35.5. The largest absolute Gasteiger partial charge is 0.383 e. The van der Waals surface area contributed by atoms with Gasteiger partial charge >= 0.3 is 0 Å². The second-order valence-electron chi connectivity index (χ2n) is 3.66. The summed E-state index contributed by atoms with van der Waals surface area (Å²) in [5.41, 5.74) is 1.28. The fourth-order valence-corrected chi connectivity index (χ4v) is 1.64. The fourth-order valence-electron chi connectivity index (χ4n) is 1.34. The van der Waals surface area contributed by atoms with Gasteiger partial charge in [0.2, 0.25) is 0 Å². The van der Waals surface area contributed by atoms with E-state index in [0.29, 0.717) is 23.7 Å². The first-order valence-corrected chi connectivity index (χ1v) is 6.16. The Morgan fingerprint density at radius 1 is 1.61 bits per heavy atom. The maximum absolute atomic E-state index is 10.5. The third kappa shape index (κ3) is 4.89. The Balaban J connectivity index is 2.82.